The molecule has 1 N–H and O–H groups in total. The minimum atomic E-state index is -0.364. The minimum Gasteiger partial charge on any atom is -0.462 e. The topological polar surface area (TPSA) is 56.2 Å². The number of rotatable bonds is 5. The molecule has 0 amide bonds. The average molecular weight is 209 g/mol. The van der Waals surface area contributed by atoms with E-state index in [1.54, 1.807) is 30.9 Å². The Morgan fingerprint density at radius 1 is 1.80 bits per heavy atom. The van der Waals surface area contributed by atoms with Gasteiger partial charge in [-0.25, -0.2) is 4.79 Å². The summed E-state index contributed by atoms with van der Waals surface area (Å²) in [7, 11) is 1.75. The lowest BCUT2D eigenvalue weighted by atomic mass is 10.3. The molecule has 0 fully saturated rings. The number of nitrogens with zero attached hydrogens (tertiary/aromatic N) is 2. The van der Waals surface area contributed by atoms with Gasteiger partial charge in [0, 0.05) is 19.8 Å². The normalized spacial score (nSPS) is 9.73. The molecule has 15 heavy (non-hydrogen) atoms. The Hall–Kier alpha value is -1.78. The fraction of sp³-hybridized carbons (Fsp3) is 0.400. The number of aromatic nitrogens is 2. The zero-order chi connectivity index (χ0) is 11.3. The van der Waals surface area contributed by atoms with E-state index >= 15 is 0 Å². The predicted molar refractivity (Wildman–Crippen MR) is 57.9 cm³/mol. The number of esters is 1. The number of carbonyl (C=O) groups excluding carboxylic acids is 1. The van der Waals surface area contributed by atoms with Gasteiger partial charge in [-0.05, 0) is 6.92 Å². The van der Waals surface area contributed by atoms with Crippen molar-refractivity contribution < 1.29 is 9.53 Å². The molecular formula is C10H15N3O2. The highest BCUT2D eigenvalue weighted by molar-refractivity contribution is 5.94. The summed E-state index contributed by atoms with van der Waals surface area (Å²) in [6.07, 6.45) is 3.33. The first-order valence-corrected chi connectivity index (χ1v) is 4.74. The van der Waals surface area contributed by atoms with Crippen molar-refractivity contribution >= 4 is 11.8 Å². The second kappa shape index (κ2) is 5.19. The van der Waals surface area contributed by atoms with E-state index in [1.165, 1.54) is 0 Å². The summed E-state index contributed by atoms with van der Waals surface area (Å²) in [5, 5.41) is 7.08. The van der Waals surface area contributed by atoms with E-state index in [0.717, 1.165) is 0 Å². The van der Waals surface area contributed by atoms with Crippen LogP contribution in [-0.4, -0.2) is 28.9 Å². The predicted octanol–water partition coefficient (Wildman–Crippen LogP) is 1.19. The van der Waals surface area contributed by atoms with Crippen LogP contribution < -0.4 is 5.32 Å². The first kappa shape index (κ1) is 11.3. The smallest absolute Gasteiger partial charge is 0.343 e. The summed E-state index contributed by atoms with van der Waals surface area (Å²) in [5.41, 5.74) is 0.446. The van der Waals surface area contributed by atoms with Crippen molar-refractivity contribution in [2.75, 3.05) is 18.5 Å². The van der Waals surface area contributed by atoms with Crippen LogP contribution in [0.2, 0.25) is 0 Å². The molecule has 0 aliphatic heterocycles. The van der Waals surface area contributed by atoms with Crippen molar-refractivity contribution in [2.24, 2.45) is 7.05 Å². The molecule has 0 radical (unpaired) electrons. The largest absolute Gasteiger partial charge is 0.462 e. The fourth-order valence-electron chi connectivity index (χ4n) is 1.15. The van der Waals surface area contributed by atoms with Gasteiger partial charge >= 0.3 is 5.97 Å². The van der Waals surface area contributed by atoms with E-state index in [9.17, 15) is 4.79 Å². The molecular weight excluding hydrogens is 194 g/mol. The number of carbonyl (C=O) groups is 1. The lowest BCUT2D eigenvalue weighted by Crippen LogP contribution is -2.08. The summed E-state index contributed by atoms with van der Waals surface area (Å²) in [6, 6.07) is 0. The van der Waals surface area contributed by atoms with E-state index in [0.29, 0.717) is 24.5 Å². The molecule has 0 aliphatic carbocycles. The minimum absolute atomic E-state index is 0.356. The number of ether oxygens (including phenoxy) is 1. The van der Waals surface area contributed by atoms with Crippen molar-refractivity contribution in [3.8, 4) is 0 Å². The molecule has 0 atom stereocenters. The molecule has 0 unspecified atom stereocenters. The standard InChI is InChI=1S/C10H15N3O2/c1-4-6-11-9-8(7-13(3)12-9)10(14)15-5-2/h4,7H,1,5-6H2,2-3H3,(H,11,12). The van der Waals surface area contributed by atoms with E-state index < -0.39 is 0 Å². The molecule has 1 heterocycles. The Bertz CT molecular complexity index is 358. The van der Waals surface area contributed by atoms with Crippen LogP contribution in [0, 0.1) is 0 Å². The van der Waals surface area contributed by atoms with Gasteiger partial charge in [-0.1, -0.05) is 6.08 Å². The lowest BCUT2D eigenvalue weighted by molar-refractivity contribution is 0.0527. The Morgan fingerprint density at radius 2 is 2.53 bits per heavy atom. The molecule has 1 aromatic rings. The van der Waals surface area contributed by atoms with E-state index in [4.69, 9.17) is 4.74 Å². The van der Waals surface area contributed by atoms with E-state index in [1.807, 2.05) is 0 Å². The zero-order valence-corrected chi connectivity index (χ0v) is 8.99. The molecule has 5 nitrogen and oxygen atoms in total. The molecule has 1 aromatic heterocycles. The zero-order valence-electron chi connectivity index (χ0n) is 8.99. The summed E-state index contributed by atoms with van der Waals surface area (Å²) in [6.45, 7) is 6.26. The van der Waals surface area contributed by atoms with Crippen molar-refractivity contribution in [3.05, 3.63) is 24.4 Å². The summed E-state index contributed by atoms with van der Waals surface area (Å²) in [5.74, 6) is 0.160. The second-order valence-corrected chi connectivity index (χ2v) is 2.96. The number of aryl methyl sites for hydroxylation is 1. The van der Waals surface area contributed by atoms with E-state index in [2.05, 4.69) is 17.0 Å². The maximum absolute atomic E-state index is 11.5. The molecule has 82 valence electrons. The first-order chi connectivity index (χ1) is 7.19. The highest BCUT2D eigenvalue weighted by Gasteiger charge is 2.15. The van der Waals surface area contributed by atoms with Crippen molar-refractivity contribution in [1.29, 1.82) is 0 Å². The number of anilines is 1. The van der Waals surface area contributed by atoms with Crippen molar-refractivity contribution in [1.82, 2.24) is 9.78 Å². The van der Waals surface area contributed by atoms with Gasteiger partial charge in [-0.2, -0.15) is 5.10 Å². The van der Waals surface area contributed by atoms with Gasteiger partial charge in [0.1, 0.15) is 5.56 Å². The number of hydrogen-bond acceptors (Lipinski definition) is 4. The monoisotopic (exact) mass is 209 g/mol. The van der Waals surface area contributed by atoms with Crippen LogP contribution in [0.25, 0.3) is 0 Å². The van der Waals surface area contributed by atoms with Gasteiger partial charge in [0.2, 0.25) is 0 Å². The van der Waals surface area contributed by atoms with Gasteiger partial charge in [-0.3, -0.25) is 4.68 Å². The highest BCUT2D eigenvalue weighted by atomic mass is 16.5. The molecule has 0 bridgehead atoms. The molecule has 0 saturated heterocycles. The fourth-order valence-corrected chi connectivity index (χ4v) is 1.15. The Balaban J connectivity index is 2.84. The Labute approximate surface area is 88.7 Å². The summed E-state index contributed by atoms with van der Waals surface area (Å²) in [4.78, 5) is 11.5. The molecule has 1 rings (SSSR count). The molecule has 0 spiro atoms. The van der Waals surface area contributed by atoms with Crippen LogP contribution in [-0.2, 0) is 11.8 Å². The van der Waals surface area contributed by atoms with Crippen LogP contribution in [0.15, 0.2) is 18.9 Å². The van der Waals surface area contributed by atoms with Crippen LogP contribution in [0.5, 0.6) is 0 Å². The third-order valence-corrected chi connectivity index (χ3v) is 1.74. The molecule has 0 saturated carbocycles. The summed E-state index contributed by atoms with van der Waals surface area (Å²) >= 11 is 0. The maximum Gasteiger partial charge on any atom is 0.343 e. The van der Waals surface area contributed by atoms with Gasteiger partial charge in [0.25, 0.3) is 0 Å². The van der Waals surface area contributed by atoms with Crippen LogP contribution in [0.1, 0.15) is 17.3 Å². The van der Waals surface area contributed by atoms with Gasteiger partial charge in [0.05, 0.1) is 6.61 Å². The number of nitrogens with one attached hydrogen (secondary N) is 1. The van der Waals surface area contributed by atoms with Gasteiger partial charge < -0.3 is 10.1 Å². The molecule has 5 heteroatoms. The van der Waals surface area contributed by atoms with E-state index in [-0.39, 0.29) is 5.97 Å². The quantitative estimate of drug-likeness (QED) is 0.584. The van der Waals surface area contributed by atoms with Gasteiger partial charge in [-0.15, -0.1) is 6.58 Å². The second-order valence-electron chi connectivity index (χ2n) is 2.96. The SMILES string of the molecule is C=CCNc1nn(C)cc1C(=O)OCC. The van der Waals surface area contributed by atoms with Gasteiger partial charge in [0.15, 0.2) is 5.82 Å². The number of hydrogen-bond donors (Lipinski definition) is 1. The van der Waals surface area contributed by atoms with Crippen LogP contribution in [0.3, 0.4) is 0 Å². The molecule has 0 aromatic carbocycles. The third-order valence-electron chi connectivity index (χ3n) is 1.74. The average Bonchev–Trinajstić information content (AvgIpc) is 2.57. The van der Waals surface area contributed by atoms with Crippen LogP contribution >= 0.6 is 0 Å². The highest BCUT2D eigenvalue weighted by Crippen LogP contribution is 2.13. The Morgan fingerprint density at radius 3 is 3.13 bits per heavy atom. The Kier molecular flexibility index (Phi) is 3.91. The summed E-state index contributed by atoms with van der Waals surface area (Å²) < 4.78 is 6.47. The maximum atomic E-state index is 11.5. The third kappa shape index (κ3) is 2.83. The lowest BCUT2D eigenvalue weighted by Gasteiger charge is -2.02. The first-order valence-electron chi connectivity index (χ1n) is 4.74. The molecule has 0 aliphatic rings. The van der Waals surface area contributed by atoms with Crippen molar-refractivity contribution in [2.45, 2.75) is 6.92 Å². The van der Waals surface area contributed by atoms with Crippen molar-refractivity contribution in [3.63, 3.8) is 0 Å². The van der Waals surface area contributed by atoms with Crippen LogP contribution in [0.4, 0.5) is 5.82 Å².